The van der Waals surface area contributed by atoms with Crippen molar-refractivity contribution in [3.05, 3.63) is 0 Å². The predicted molar refractivity (Wildman–Crippen MR) is 55.6 cm³/mol. The largest absolute Gasteiger partial charge is 0.318 e. The maximum Gasteiger partial charge on any atom is 0.0104 e. The van der Waals surface area contributed by atoms with Gasteiger partial charge in [0.25, 0.3) is 0 Å². The summed E-state index contributed by atoms with van der Waals surface area (Å²) in [7, 11) is 4.20. The first-order chi connectivity index (χ1) is 5.81. The molecule has 0 unspecified atom stereocenters. The zero-order valence-corrected chi connectivity index (χ0v) is 8.90. The van der Waals surface area contributed by atoms with Gasteiger partial charge in [0.05, 0.1) is 0 Å². The van der Waals surface area contributed by atoms with E-state index >= 15 is 0 Å². The molecule has 0 fully saturated rings. The van der Waals surface area contributed by atoms with Crippen LogP contribution in [0.25, 0.3) is 0 Å². The summed E-state index contributed by atoms with van der Waals surface area (Å²) >= 11 is 0. The molecule has 0 atom stereocenters. The van der Waals surface area contributed by atoms with Gasteiger partial charge < -0.3 is 10.2 Å². The lowest BCUT2D eigenvalue weighted by Crippen LogP contribution is -2.28. The second-order valence-electron chi connectivity index (χ2n) is 3.47. The van der Waals surface area contributed by atoms with E-state index in [1.165, 1.54) is 38.8 Å². The molecule has 0 aromatic rings. The van der Waals surface area contributed by atoms with Gasteiger partial charge in [-0.15, -0.1) is 0 Å². The van der Waals surface area contributed by atoms with E-state index in [-0.39, 0.29) is 0 Å². The second-order valence-corrected chi connectivity index (χ2v) is 3.47. The Balaban J connectivity index is 3.02. The molecule has 2 nitrogen and oxygen atoms in total. The summed E-state index contributed by atoms with van der Waals surface area (Å²) < 4.78 is 0. The first-order valence-electron chi connectivity index (χ1n) is 5.14. The number of unbranched alkanes of at least 4 members (excludes halogenated alkanes) is 3. The molecule has 0 rings (SSSR count). The average Bonchev–Trinajstić information content (AvgIpc) is 2.09. The average molecular weight is 172 g/mol. The molecule has 0 spiro atoms. The standard InChI is InChI=1S/C10H24N2/c1-4-5-6-7-9-12(3)10-8-11-2/h11H,4-10H2,1-3H3. The summed E-state index contributed by atoms with van der Waals surface area (Å²) in [5, 5.41) is 3.16. The van der Waals surface area contributed by atoms with Crippen molar-refractivity contribution in [3.63, 3.8) is 0 Å². The van der Waals surface area contributed by atoms with E-state index in [9.17, 15) is 0 Å². The Bertz CT molecular complexity index is 83.9. The quantitative estimate of drug-likeness (QED) is 0.561. The van der Waals surface area contributed by atoms with Crippen molar-refractivity contribution < 1.29 is 0 Å². The number of hydrogen-bond acceptors (Lipinski definition) is 2. The third-order valence-corrected chi connectivity index (χ3v) is 2.14. The van der Waals surface area contributed by atoms with Crippen LogP contribution in [-0.4, -0.2) is 38.6 Å². The molecule has 1 N–H and O–H groups in total. The van der Waals surface area contributed by atoms with Crippen LogP contribution in [0.5, 0.6) is 0 Å². The number of rotatable bonds is 8. The molecular weight excluding hydrogens is 148 g/mol. The Kier molecular flexibility index (Phi) is 8.95. The van der Waals surface area contributed by atoms with E-state index < -0.39 is 0 Å². The lowest BCUT2D eigenvalue weighted by atomic mass is 10.2. The molecule has 0 amide bonds. The summed E-state index contributed by atoms with van der Waals surface area (Å²) in [6, 6.07) is 0. The molecule has 12 heavy (non-hydrogen) atoms. The van der Waals surface area contributed by atoms with Gasteiger partial charge in [-0.3, -0.25) is 0 Å². The maximum absolute atomic E-state index is 3.16. The number of nitrogens with one attached hydrogen (secondary N) is 1. The molecule has 0 heterocycles. The van der Waals surface area contributed by atoms with Crippen LogP contribution < -0.4 is 5.32 Å². The van der Waals surface area contributed by atoms with Crippen LogP contribution in [0.2, 0.25) is 0 Å². The minimum absolute atomic E-state index is 1.10. The van der Waals surface area contributed by atoms with Gasteiger partial charge in [-0.25, -0.2) is 0 Å². The number of nitrogens with zero attached hydrogens (tertiary/aromatic N) is 1. The predicted octanol–water partition coefficient (Wildman–Crippen LogP) is 1.72. The van der Waals surface area contributed by atoms with Crippen LogP contribution in [0.15, 0.2) is 0 Å². The number of likely N-dealkylation sites (N-methyl/N-ethyl adjacent to an activating group) is 2. The molecule has 0 aliphatic carbocycles. The Hall–Kier alpha value is -0.0800. The summed E-state index contributed by atoms with van der Waals surface area (Å²) in [6.07, 6.45) is 5.47. The van der Waals surface area contributed by atoms with E-state index in [0.29, 0.717) is 0 Å². The molecule has 0 radical (unpaired) electrons. The maximum atomic E-state index is 3.16. The topological polar surface area (TPSA) is 15.3 Å². The fourth-order valence-corrected chi connectivity index (χ4v) is 1.22. The van der Waals surface area contributed by atoms with Crippen LogP contribution >= 0.6 is 0 Å². The van der Waals surface area contributed by atoms with Crippen LogP contribution in [0, 0.1) is 0 Å². The lowest BCUT2D eigenvalue weighted by molar-refractivity contribution is 0.325. The van der Waals surface area contributed by atoms with Crippen molar-refractivity contribution in [2.45, 2.75) is 32.6 Å². The Morgan fingerprint density at radius 1 is 1.08 bits per heavy atom. The molecule has 0 saturated heterocycles. The fraction of sp³-hybridized carbons (Fsp3) is 1.00. The first-order valence-corrected chi connectivity index (χ1v) is 5.14. The SMILES string of the molecule is CCCCCCN(C)CCNC. The van der Waals surface area contributed by atoms with E-state index in [1.54, 1.807) is 0 Å². The Labute approximate surface area is 77.3 Å². The molecular formula is C10H24N2. The van der Waals surface area contributed by atoms with E-state index in [2.05, 4.69) is 24.2 Å². The molecule has 0 bridgehead atoms. The van der Waals surface area contributed by atoms with Crippen molar-refractivity contribution in [1.29, 1.82) is 0 Å². The van der Waals surface area contributed by atoms with Gasteiger partial charge in [-0.05, 0) is 27.1 Å². The highest BCUT2D eigenvalue weighted by Gasteiger charge is 1.95. The normalized spacial score (nSPS) is 11.0. The second kappa shape index (κ2) is 9.01. The highest BCUT2D eigenvalue weighted by Crippen LogP contribution is 1.99. The monoisotopic (exact) mass is 172 g/mol. The lowest BCUT2D eigenvalue weighted by Gasteiger charge is -2.15. The zero-order chi connectivity index (χ0) is 9.23. The van der Waals surface area contributed by atoms with Crippen molar-refractivity contribution in [1.82, 2.24) is 10.2 Å². The van der Waals surface area contributed by atoms with E-state index in [4.69, 9.17) is 0 Å². The highest BCUT2D eigenvalue weighted by molar-refractivity contribution is 4.53. The molecule has 0 aliphatic heterocycles. The molecule has 2 heteroatoms. The first kappa shape index (κ1) is 11.9. The molecule has 74 valence electrons. The van der Waals surface area contributed by atoms with Gasteiger partial charge in [-0.2, -0.15) is 0 Å². The van der Waals surface area contributed by atoms with Crippen LogP contribution in [-0.2, 0) is 0 Å². The Morgan fingerprint density at radius 2 is 1.83 bits per heavy atom. The minimum Gasteiger partial charge on any atom is -0.318 e. The van der Waals surface area contributed by atoms with Crippen molar-refractivity contribution in [2.24, 2.45) is 0 Å². The minimum atomic E-state index is 1.10. The van der Waals surface area contributed by atoms with Gasteiger partial charge in [0.2, 0.25) is 0 Å². The molecule has 0 aliphatic rings. The summed E-state index contributed by atoms with van der Waals surface area (Å²) in [5.41, 5.74) is 0. The van der Waals surface area contributed by atoms with Gasteiger partial charge in [0.1, 0.15) is 0 Å². The van der Waals surface area contributed by atoms with Gasteiger partial charge in [0, 0.05) is 13.1 Å². The Morgan fingerprint density at radius 3 is 2.42 bits per heavy atom. The van der Waals surface area contributed by atoms with Crippen molar-refractivity contribution in [2.75, 3.05) is 33.7 Å². The van der Waals surface area contributed by atoms with E-state index in [0.717, 1.165) is 6.54 Å². The van der Waals surface area contributed by atoms with Gasteiger partial charge >= 0.3 is 0 Å². The smallest absolute Gasteiger partial charge is 0.0104 e. The van der Waals surface area contributed by atoms with Crippen molar-refractivity contribution in [3.8, 4) is 0 Å². The van der Waals surface area contributed by atoms with Crippen LogP contribution in [0.3, 0.4) is 0 Å². The summed E-state index contributed by atoms with van der Waals surface area (Å²) in [4.78, 5) is 2.40. The van der Waals surface area contributed by atoms with E-state index in [1.807, 2.05) is 7.05 Å². The van der Waals surface area contributed by atoms with Crippen LogP contribution in [0.4, 0.5) is 0 Å². The fourth-order valence-electron chi connectivity index (χ4n) is 1.22. The van der Waals surface area contributed by atoms with Gasteiger partial charge in [-0.1, -0.05) is 26.2 Å². The third-order valence-electron chi connectivity index (χ3n) is 2.14. The third kappa shape index (κ3) is 8.02. The summed E-state index contributed by atoms with van der Waals surface area (Å²) in [5.74, 6) is 0. The molecule has 0 aromatic heterocycles. The summed E-state index contributed by atoms with van der Waals surface area (Å²) in [6.45, 7) is 5.78. The van der Waals surface area contributed by atoms with Crippen LogP contribution in [0.1, 0.15) is 32.6 Å². The number of hydrogen-bond donors (Lipinski definition) is 1. The van der Waals surface area contributed by atoms with Crippen molar-refractivity contribution >= 4 is 0 Å². The molecule has 0 aromatic carbocycles. The van der Waals surface area contributed by atoms with Gasteiger partial charge in [0.15, 0.2) is 0 Å². The zero-order valence-electron chi connectivity index (χ0n) is 8.90. The highest BCUT2D eigenvalue weighted by atomic mass is 15.1. The molecule has 0 saturated carbocycles.